The Morgan fingerprint density at radius 2 is 0.745 bits per heavy atom. The summed E-state index contributed by atoms with van der Waals surface area (Å²) in [5.74, 6) is -0.0462. The number of amides is 1. The molecule has 2 atom stereocenters. The number of esters is 1. The molecule has 0 aromatic carbocycles. The summed E-state index contributed by atoms with van der Waals surface area (Å²) in [6.45, 7) is 4.92. The molecule has 0 spiro atoms. The van der Waals surface area contributed by atoms with Crippen LogP contribution in [0.3, 0.4) is 0 Å². The molecule has 6 heteroatoms. The van der Waals surface area contributed by atoms with Crippen molar-refractivity contribution in [2.45, 2.75) is 289 Å². The van der Waals surface area contributed by atoms with E-state index in [2.05, 4.69) is 19.2 Å². The molecule has 0 radical (unpaired) electrons. The van der Waals surface area contributed by atoms with E-state index in [0.29, 0.717) is 25.9 Å². The van der Waals surface area contributed by atoms with E-state index < -0.39 is 12.1 Å². The Bertz CT molecular complexity index is 776. The molecule has 0 fully saturated rings. The van der Waals surface area contributed by atoms with Crippen LogP contribution in [0.5, 0.6) is 0 Å². The summed E-state index contributed by atoms with van der Waals surface area (Å²) in [7, 11) is 0. The number of nitrogens with one attached hydrogen (secondary N) is 1. The lowest BCUT2D eigenvalue weighted by atomic mass is 10.0. The second-order valence-electron chi connectivity index (χ2n) is 17.2. The Hall–Kier alpha value is -1.14. The lowest BCUT2D eigenvalue weighted by Crippen LogP contribution is -2.45. The van der Waals surface area contributed by atoms with E-state index in [4.69, 9.17) is 4.74 Å². The molecule has 0 aliphatic rings. The molecule has 0 saturated carbocycles. The molecule has 0 aromatic rings. The van der Waals surface area contributed by atoms with Crippen molar-refractivity contribution < 1.29 is 24.5 Å². The zero-order chi connectivity index (χ0) is 40.1. The summed E-state index contributed by atoms with van der Waals surface area (Å²) in [6, 6.07) is -0.545. The van der Waals surface area contributed by atoms with Crippen molar-refractivity contribution in [3.8, 4) is 0 Å². The zero-order valence-electron chi connectivity index (χ0n) is 37.2. The van der Waals surface area contributed by atoms with Gasteiger partial charge in [-0.15, -0.1) is 0 Å². The van der Waals surface area contributed by atoms with Crippen LogP contribution in [-0.4, -0.2) is 47.4 Å². The first-order valence-corrected chi connectivity index (χ1v) is 24.8. The van der Waals surface area contributed by atoms with Crippen LogP contribution in [0.2, 0.25) is 0 Å². The molecule has 0 saturated heterocycles. The molecule has 0 bridgehead atoms. The summed E-state index contributed by atoms with van der Waals surface area (Å²) < 4.78 is 5.47. The second-order valence-corrected chi connectivity index (χ2v) is 17.2. The molecule has 0 aliphatic carbocycles. The van der Waals surface area contributed by atoms with Gasteiger partial charge in [0.05, 0.1) is 25.4 Å². The Kier molecular flexibility index (Phi) is 44.6. The van der Waals surface area contributed by atoms with Gasteiger partial charge in [-0.3, -0.25) is 9.59 Å². The van der Waals surface area contributed by atoms with Gasteiger partial charge in [0.25, 0.3) is 0 Å². The number of hydrogen-bond acceptors (Lipinski definition) is 5. The highest BCUT2D eigenvalue weighted by Gasteiger charge is 2.20. The van der Waals surface area contributed by atoms with E-state index in [-0.39, 0.29) is 18.5 Å². The van der Waals surface area contributed by atoms with Gasteiger partial charge in [-0.2, -0.15) is 0 Å². The maximum absolute atomic E-state index is 12.4. The van der Waals surface area contributed by atoms with E-state index >= 15 is 0 Å². The fourth-order valence-corrected chi connectivity index (χ4v) is 7.82. The first-order chi connectivity index (χ1) is 27.0. The Morgan fingerprint density at radius 3 is 1.11 bits per heavy atom. The highest BCUT2D eigenvalue weighted by Crippen LogP contribution is 2.17. The average molecular weight is 780 g/mol. The predicted molar refractivity (Wildman–Crippen MR) is 237 cm³/mol. The van der Waals surface area contributed by atoms with E-state index in [1.165, 1.54) is 193 Å². The van der Waals surface area contributed by atoms with Crippen molar-refractivity contribution in [3.63, 3.8) is 0 Å². The SMILES string of the molecule is CCCCCCCCCCCCCCCCCC(=O)OCCCCCCCCCCCCCCCCC(=O)NC(CO)C(O)CCCCCCCCCCC. The first-order valence-electron chi connectivity index (χ1n) is 24.8. The fraction of sp³-hybridized carbons (Fsp3) is 0.959. The number of carbonyl (C=O) groups is 2. The average Bonchev–Trinajstić information content (AvgIpc) is 3.18. The zero-order valence-corrected chi connectivity index (χ0v) is 37.2. The van der Waals surface area contributed by atoms with Crippen molar-refractivity contribution in [2.75, 3.05) is 13.2 Å². The minimum absolute atomic E-state index is 0.000716. The summed E-state index contributed by atoms with van der Waals surface area (Å²) in [5.41, 5.74) is 0. The number of unbranched alkanes of at least 4 members (excludes halogenated alkanes) is 35. The van der Waals surface area contributed by atoms with Gasteiger partial charge in [-0.25, -0.2) is 0 Å². The largest absolute Gasteiger partial charge is 0.466 e. The first kappa shape index (κ1) is 53.9. The van der Waals surface area contributed by atoms with E-state index in [1.54, 1.807) is 0 Å². The number of rotatable bonds is 46. The van der Waals surface area contributed by atoms with Gasteiger partial charge in [-0.05, 0) is 25.7 Å². The third-order valence-corrected chi connectivity index (χ3v) is 11.7. The van der Waals surface area contributed by atoms with Crippen LogP contribution in [0.1, 0.15) is 277 Å². The summed E-state index contributed by atoms with van der Waals surface area (Å²) in [6.07, 6.45) is 49.3. The van der Waals surface area contributed by atoms with Gasteiger partial charge in [-0.1, -0.05) is 239 Å². The molecular weight excluding hydrogens is 683 g/mol. The Balaban J connectivity index is 3.39. The molecule has 2 unspecified atom stereocenters. The van der Waals surface area contributed by atoms with Gasteiger partial charge in [0.15, 0.2) is 0 Å². The van der Waals surface area contributed by atoms with Gasteiger partial charge in [0, 0.05) is 12.8 Å². The molecule has 55 heavy (non-hydrogen) atoms. The summed E-state index contributed by atoms with van der Waals surface area (Å²) in [5, 5.41) is 23.0. The predicted octanol–water partition coefficient (Wildman–Crippen LogP) is 14.4. The van der Waals surface area contributed by atoms with Crippen LogP contribution in [0, 0.1) is 0 Å². The van der Waals surface area contributed by atoms with Crippen molar-refractivity contribution in [2.24, 2.45) is 0 Å². The van der Waals surface area contributed by atoms with Crippen LogP contribution in [0.15, 0.2) is 0 Å². The number of aliphatic hydroxyl groups is 2. The lowest BCUT2D eigenvalue weighted by Gasteiger charge is -2.22. The molecule has 0 aliphatic heterocycles. The molecule has 0 rings (SSSR count). The van der Waals surface area contributed by atoms with Crippen LogP contribution < -0.4 is 5.32 Å². The summed E-state index contributed by atoms with van der Waals surface area (Å²) >= 11 is 0. The van der Waals surface area contributed by atoms with Gasteiger partial charge < -0.3 is 20.3 Å². The number of ether oxygens (including phenoxy) is 1. The van der Waals surface area contributed by atoms with Crippen LogP contribution in [0.25, 0.3) is 0 Å². The number of hydrogen-bond donors (Lipinski definition) is 3. The third kappa shape index (κ3) is 42.3. The molecule has 1 amide bonds. The van der Waals surface area contributed by atoms with Crippen molar-refractivity contribution in [1.82, 2.24) is 5.32 Å². The smallest absolute Gasteiger partial charge is 0.305 e. The monoisotopic (exact) mass is 780 g/mol. The van der Waals surface area contributed by atoms with E-state index in [9.17, 15) is 19.8 Å². The highest BCUT2D eigenvalue weighted by molar-refractivity contribution is 5.76. The minimum atomic E-state index is -0.667. The van der Waals surface area contributed by atoms with Crippen molar-refractivity contribution in [3.05, 3.63) is 0 Å². The van der Waals surface area contributed by atoms with Gasteiger partial charge >= 0.3 is 5.97 Å². The Morgan fingerprint density at radius 1 is 0.436 bits per heavy atom. The molecule has 0 heterocycles. The van der Waals surface area contributed by atoms with Crippen molar-refractivity contribution in [1.29, 1.82) is 0 Å². The van der Waals surface area contributed by atoms with Crippen LogP contribution in [-0.2, 0) is 14.3 Å². The standard InChI is InChI=1S/C49H97NO5/c1-3-5-7-9-11-13-14-15-16-20-23-27-31-35-39-43-49(54)55-44-40-36-32-28-24-21-18-17-19-22-26-30-34-38-42-48(53)50-46(45-51)47(52)41-37-33-29-25-12-10-8-6-4-2/h46-47,51-52H,3-45H2,1-2H3,(H,50,53). The van der Waals surface area contributed by atoms with Gasteiger partial charge in [0.1, 0.15) is 0 Å². The normalized spacial score (nSPS) is 12.6. The highest BCUT2D eigenvalue weighted by atomic mass is 16.5. The summed E-state index contributed by atoms with van der Waals surface area (Å²) in [4.78, 5) is 24.4. The molecular formula is C49H97NO5. The van der Waals surface area contributed by atoms with E-state index in [1.807, 2.05) is 0 Å². The maximum atomic E-state index is 12.4. The lowest BCUT2D eigenvalue weighted by molar-refractivity contribution is -0.143. The quantitative estimate of drug-likeness (QED) is 0.0422. The number of carbonyl (C=O) groups excluding carboxylic acids is 2. The fourth-order valence-electron chi connectivity index (χ4n) is 7.82. The van der Waals surface area contributed by atoms with E-state index in [0.717, 1.165) is 51.4 Å². The molecule has 0 aromatic heterocycles. The molecule has 328 valence electrons. The van der Waals surface area contributed by atoms with Crippen LogP contribution in [0.4, 0.5) is 0 Å². The third-order valence-electron chi connectivity index (χ3n) is 11.7. The molecule has 6 nitrogen and oxygen atoms in total. The number of aliphatic hydroxyl groups excluding tert-OH is 2. The van der Waals surface area contributed by atoms with Crippen LogP contribution >= 0.6 is 0 Å². The second kappa shape index (κ2) is 45.6. The van der Waals surface area contributed by atoms with Crippen molar-refractivity contribution >= 4 is 11.9 Å². The Labute approximate surface area is 343 Å². The topological polar surface area (TPSA) is 95.9 Å². The molecule has 3 N–H and O–H groups in total. The van der Waals surface area contributed by atoms with Gasteiger partial charge in [0.2, 0.25) is 5.91 Å². The minimum Gasteiger partial charge on any atom is -0.466 e. The maximum Gasteiger partial charge on any atom is 0.305 e.